The normalized spacial score (nSPS) is 22.8. The molecule has 2 rings (SSSR count). The average Bonchev–Trinajstić information content (AvgIpc) is 2.97. The maximum Gasteiger partial charge on any atom is 0.410 e. The molecule has 2 aliphatic heterocycles. The van der Waals surface area contributed by atoms with Crippen molar-refractivity contribution in [2.24, 2.45) is 0 Å². The minimum Gasteiger partial charge on any atom is -0.444 e. The van der Waals surface area contributed by atoms with Crippen LogP contribution in [0.25, 0.3) is 0 Å². The number of amides is 2. The van der Waals surface area contributed by atoms with Crippen LogP contribution in [-0.2, 0) is 14.3 Å². The zero-order valence-electron chi connectivity index (χ0n) is 14.0. The molecule has 22 heavy (non-hydrogen) atoms. The molecule has 0 aliphatic carbocycles. The highest BCUT2D eigenvalue weighted by atomic mass is 16.6. The van der Waals surface area contributed by atoms with Gasteiger partial charge in [-0.25, -0.2) is 4.79 Å². The Balaban J connectivity index is 1.75. The fraction of sp³-hybridized carbons (Fsp3) is 0.875. The summed E-state index contributed by atoms with van der Waals surface area (Å²) in [7, 11) is 0. The standard InChI is InChI=1S/C16H28N2O4/c1-16(2,3)22-15(20)18-10-6-7-13(11-18)21-12-14(19)17-8-4-5-9-17/h13H,4-12H2,1-3H3/t13-/m1/s1. The van der Waals surface area contributed by atoms with Crippen LogP contribution >= 0.6 is 0 Å². The van der Waals surface area contributed by atoms with Gasteiger partial charge < -0.3 is 19.3 Å². The summed E-state index contributed by atoms with van der Waals surface area (Å²) in [6.45, 7) is 8.57. The van der Waals surface area contributed by atoms with Crippen LogP contribution in [0.5, 0.6) is 0 Å². The van der Waals surface area contributed by atoms with E-state index in [2.05, 4.69) is 0 Å². The van der Waals surface area contributed by atoms with E-state index in [9.17, 15) is 9.59 Å². The summed E-state index contributed by atoms with van der Waals surface area (Å²) < 4.78 is 11.1. The van der Waals surface area contributed by atoms with E-state index >= 15 is 0 Å². The average molecular weight is 312 g/mol. The van der Waals surface area contributed by atoms with Gasteiger partial charge in [0, 0.05) is 19.6 Å². The van der Waals surface area contributed by atoms with E-state index in [-0.39, 0.29) is 24.7 Å². The largest absolute Gasteiger partial charge is 0.444 e. The van der Waals surface area contributed by atoms with Gasteiger partial charge in [0.2, 0.25) is 5.91 Å². The van der Waals surface area contributed by atoms with Gasteiger partial charge in [-0.1, -0.05) is 0 Å². The molecule has 2 saturated heterocycles. The number of likely N-dealkylation sites (tertiary alicyclic amines) is 2. The molecule has 0 spiro atoms. The van der Waals surface area contributed by atoms with E-state index in [1.54, 1.807) is 4.90 Å². The van der Waals surface area contributed by atoms with Crippen LogP contribution in [-0.4, -0.2) is 66.3 Å². The second-order valence-corrected chi connectivity index (χ2v) is 7.09. The van der Waals surface area contributed by atoms with Crippen LogP contribution < -0.4 is 0 Å². The lowest BCUT2D eigenvalue weighted by molar-refractivity contribution is -0.138. The summed E-state index contributed by atoms with van der Waals surface area (Å²) in [6, 6.07) is 0. The first-order valence-corrected chi connectivity index (χ1v) is 8.22. The highest BCUT2D eigenvalue weighted by Gasteiger charge is 2.29. The predicted octanol–water partition coefficient (Wildman–Crippen LogP) is 2.02. The van der Waals surface area contributed by atoms with Crippen LogP contribution in [0.2, 0.25) is 0 Å². The first kappa shape index (κ1) is 17.1. The van der Waals surface area contributed by atoms with Gasteiger partial charge in [-0.2, -0.15) is 0 Å². The van der Waals surface area contributed by atoms with Crippen molar-refractivity contribution in [1.29, 1.82) is 0 Å². The molecule has 2 heterocycles. The number of carbonyl (C=O) groups is 2. The second-order valence-electron chi connectivity index (χ2n) is 7.09. The molecule has 2 fully saturated rings. The van der Waals surface area contributed by atoms with Crippen molar-refractivity contribution in [1.82, 2.24) is 9.80 Å². The summed E-state index contributed by atoms with van der Waals surface area (Å²) >= 11 is 0. The zero-order chi connectivity index (χ0) is 16.2. The molecule has 0 aromatic rings. The molecule has 0 unspecified atom stereocenters. The maximum absolute atomic E-state index is 12.1. The summed E-state index contributed by atoms with van der Waals surface area (Å²) in [4.78, 5) is 27.6. The van der Waals surface area contributed by atoms with Crippen molar-refractivity contribution in [3.05, 3.63) is 0 Å². The van der Waals surface area contributed by atoms with E-state index in [1.807, 2.05) is 25.7 Å². The molecule has 6 nitrogen and oxygen atoms in total. The molecule has 0 aromatic heterocycles. The molecular formula is C16H28N2O4. The third-order valence-corrected chi connectivity index (χ3v) is 3.93. The Morgan fingerprint density at radius 2 is 1.68 bits per heavy atom. The van der Waals surface area contributed by atoms with Crippen molar-refractivity contribution >= 4 is 12.0 Å². The topological polar surface area (TPSA) is 59.1 Å². The molecule has 0 bridgehead atoms. The molecule has 0 aromatic carbocycles. The van der Waals surface area contributed by atoms with Gasteiger partial charge >= 0.3 is 6.09 Å². The molecule has 126 valence electrons. The predicted molar refractivity (Wildman–Crippen MR) is 82.6 cm³/mol. The van der Waals surface area contributed by atoms with Gasteiger partial charge in [-0.3, -0.25) is 4.79 Å². The van der Waals surface area contributed by atoms with Crippen molar-refractivity contribution in [2.75, 3.05) is 32.8 Å². The van der Waals surface area contributed by atoms with E-state index in [4.69, 9.17) is 9.47 Å². The van der Waals surface area contributed by atoms with Gasteiger partial charge in [0.05, 0.1) is 12.6 Å². The van der Waals surface area contributed by atoms with E-state index in [0.717, 1.165) is 38.8 Å². The minimum absolute atomic E-state index is 0.0619. The Morgan fingerprint density at radius 1 is 1.05 bits per heavy atom. The molecule has 1 atom stereocenters. The van der Waals surface area contributed by atoms with Gasteiger partial charge in [0.1, 0.15) is 12.2 Å². The van der Waals surface area contributed by atoms with Crippen molar-refractivity contribution in [3.8, 4) is 0 Å². The van der Waals surface area contributed by atoms with Crippen LogP contribution in [0, 0.1) is 0 Å². The van der Waals surface area contributed by atoms with Crippen LogP contribution in [0.4, 0.5) is 4.79 Å². The Hall–Kier alpha value is -1.30. The molecule has 6 heteroatoms. The molecule has 2 amide bonds. The molecule has 0 N–H and O–H groups in total. The molecular weight excluding hydrogens is 284 g/mol. The van der Waals surface area contributed by atoms with Gasteiger partial charge in [-0.05, 0) is 46.5 Å². The van der Waals surface area contributed by atoms with Gasteiger partial charge in [-0.15, -0.1) is 0 Å². The number of piperidine rings is 1. The fourth-order valence-corrected chi connectivity index (χ4v) is 2.81. The SMILES string of the molecule is CC(C)(C)OC(=O)N1CCC[C@@H](OCC(=O)N2CCCC2)C1. The number of hydrogen-bond acceptors (Lipinski definition) is 4. The fourth-order valence-electron chi connectivity index (χ4n) is 2.81. The van der Waals surface area contributed by atoms with E-state index in [0.29, 0.717) is 13.1 Å². The lowest BCUT2D eigenvalue weighted by Gasteiger charge is -2.34. The molecule has 2 aliphatic rings. The number of hydrogen-bond donors (Lipinski definition) is 0. The monoisotopic (exact) mass is 312 g/mol. The Labute approximate surface area is 132 Å². The van der Waals surface area contributed by atoms with Crippen molar-refractivity contribution in [2.45, 2.75) is 58.2 Å². The van der Waals surface area contributed by atoms with E-state index < -0.39 is 5.60 Å². The van der Waals surface area contributed by atoms with Crippen molar-refractivity contribution in [3.63, 3.8) is 0 Å². The van der Waals surface area contributed by atoms with Crippen LogP contribution in [0.1, 0.15) is 46.5 Å². The summed E-state index contributed by atoms with van der Waals surface area (Å²) in [5.41, 5.74) is -0.489. The Bertz CT molecular complexity index is 399. The number of carbonyl (C=O) groups excluding carboxylic acids is 2. The summed E-state index contributed by atoms with van der Waals surface area (Å²) in [6.07, 6.45) is 3.55. The van der Waals surface area contributed by atoms with Gasteiger partial charge in [0.15, 0.2) is 0 Å². The third kappa shape index (κ3) is 5.16. The molecule has 0 radical (unpaired) electrons. The first-order valence-electron chi connectivity index (χ1n) is 8.22. The summed E-state index contributed by atoms with van der Waals surface area (Å²) in [5, 5.41) is 0. The third-order valence-electron chi connectivity index (χ3n) is 3.93. The summed E-state index contributed by atoms with van der Waals surface area (Å²) in [5.74, 6) is 0.0619. The van der Waals surface area contributed by atoms with Crippen LogP contribution in [0.15, 0.2) is 0 Å². The number of rotatable bonds is 3. The number of ether oxygens (including phenoxy) is 2. The zero-order valence-corrected chi connectivity index (χ0v) is 14.0. The maximum atomic E-state index is 12.1. The van der Waals surface area contributed by atoms with E-state index in [1.165, 1.54) is 0 Å². The van der Waals surface area contributed by atoms with Gasteiger partial charge in [0.25, 0.3) is 0 Å². The Morgan fingerprint density at radius 3 is 2.32 bits per heavy atom. The first-order chi connectivity index (χ1) is 10.3. The lowest BCUT2D eigenvalue weighted by atomic mass is 10.1. The molecule has 0 saturated carbocycles. The highest BCUT2D eigenvalue weighted by Crippen LogP contribution is 2.17. The second kappa shape index (κ2) is 7.31. The highest BCUT2D eigenvalue weighted by molar-refractivity contribution is 5.77. The lowest BCUT2D eigenvalue weighted by Crippen LogP contribution is -2.46. The minimum atomic E-state index is -0.489. The number of nitrogens with zero attached hydrogens (tertiary/aromatic N) is 2. The Kier molecular flexibility index (Phi) is 5.67. The quantitative estimate of drug-likeness (QED) is 0.800. The van der Waals surface area contributed by atoms with Crippen LogP contribution in [0.3, 0.4) is 0 Å². The van der Waals surface area contributed by atoms with Crippen molar-refractivity contribution < 1.29 is 19.1 Å². The smallest absolute Gasteiger partial charge is 0.410 e.